The Morgan fingerprint density at radius 1 is 1.42 bits per heavy atom. The number of H-pyrrole nitrogens is 1. The van der Waals surface area contributed by atoms with Gasteiger partial charge in [-0.15, -0.1) is 0 Å². The average molecular weight is 385 g/mol. The number of nitrogens with zero attached hydrogens (tertiary/aromatic N) is 2. The van der Waals surface area contributed by atoms with Crippen molar-refractivity contribution in [3.05, 3.63) is 16.4 Å². The summed E-state index contributed by atoms with van der Waals surface area (Å²) < 4.78 is 5.10. The van der Waals surface area contributed by atoms with Gasteiger partial charge in [0.2, 0.25) is 5.91 Å². The molecule has 1 aromatic rings. The zero-order valence-corrected chi connectivity index (χ0v) is 16.9. The largest absolute Gasteiger partial charge is 0.385 e. The van der Waals surface area contributed by atoms with Crippen LogP contribution in [0.5, 0.6) is 0 Å². The highest BCUT2D eigenvalue weighted by molar-refractivity contribution is 6.32. The minimum Gasteiger partial charge on any atom is -0.385 e. The van der Waals surface area contributed by atoms with Crippen molar-refractivity contribution in [2.45, 2.75) is 58.5 Å². The Bertz CT molecular complexity index is 653. The van der Waals surface area contributed by atoms with Crippen LogP contribution in [0.25, 0.3) is 0 Å². The molecular formula is C18H29ClN4O3. The van der Waals surface area contributed by atoms with Crippen molar-refractivity contribution in [3.8, 4) is 0 Å². The lowest BCUT2D eigenvalue weighted by Crippen LogP contribution is -2.56. The number of aromatic nitrogens is 2. The monoisotopic (exact) mass is 384 g/mol. The Labute approximate surface area is 159 Å². The molecule has 0 unspecified atom stereocenters. The fourth-order valence-electron chi connectivity index (χ4n) is 3.23. The van der Waals surface area contributed by atoms with Gasteiger partial charge >= 0.3 is 0 Å². The number of hydrogen-bond acceptors (Lipinski definition) is 4. The van der Waals surface area contributed by atoms with Crippen LogP contribution in [-0.4, -0.2) is 59.8 Å². The Morgan fingerprint density at radius 3 is 2.65 bits per heavy atom. The molecule has 2 amide bonds. The molecule has 2 N–H and O–H groups in total. The molecule has 1 fully saturated rings. The molecule has 0 aromatic carbocycles. The van der Waals surface area contributed by atoms with Gasteiger partial charge in [0.1, 0.15) is 0 Å². The summed E-state index contributed by atoms with van der Waals surface area (Å²) in [4.78, 5) is 27.0. The number of nitrogens with one attached hydrogen (secondary N) is 2. The highest BCUT2D eigenvalue weighted by atomic mass is 35.5. The second-order valence-electron chi connectivity index (χ2n) is 7.56. The maximum atomic E-state index is 12.7. The third-order valence-corrected chi connectivity index (χ3v) is 5.48. The van der Waals surface area contributed by atoms with Crippen LogP contribution >= 0.6 is 11.6 Å². The van der Waals surface area contributed by atoms with Crippen molar-refractivity contribution in [1.82, 2.24) is 20.4 Å². The van der Waals surface area contributed by atoms with Gasteiger partial charge in [0, 0.05) is 44.0 Å². The summed E-state index contributed by atoms with van der Waals surface area (Å²) in [7, 11) is 3.47. The van der Waals surface area contributed by atoms with Crippen LogP contribution in [0.4, 0.5) is 0 Å². The topological polar surface area (TPSA) is 87.3 Å². The first kappa shape index (κ1) is 20.7. The van der Waals surface area contributed by atoms with Gasteiger partial charge in [-0.3, -0.25) is 14.7 Å². The molecule has 1 heterocycles. The molecule has 0 aliphatic heterocycles. The fourth-order valence-corrected chi connectivity index (χ4v) is 3.47. The summed E-state index contributed by atoms with van der Waals surface area (Å²) in [5.74, 6) is -0.103. The van der Waals surface area contributed by atoms with Crippen molar-refractivity contribution >= 4 is 23.4 Å². The average Bonchev–Trinajstić information content (AvgIpc) is 2.95. The molecule has 1 saturated carbocycles. The molecule has 26 heavy (non-hydrogen) atoms. The molecule has 0 bridgehead atoms. The van der Waals surface area contributed by atoms with E-state index in [1.54, 1.807) is 12.0 Å². The molecule has 0 saturated heterocycles. The standard InChI is InChI=1S/C18H29ClN4O3/c1-6-13-14(15(19)22-21-13)16(24)20-11-9-12(10-11)23(4)17(25)18(2,3)7-8-26-5/h11-12H,6-10H2,1-5H3,(H,20,24)(H,21,22). The minimum absolute atomic E-state index is 0.0421. The summed E-state index contributed by atoms with van der Waals surface area (Å²) in [5.41, 5.74) is 0.692. The number of aromatic amines is 1. The highest BCUT2D eigenvalue weighted by Gasteiger charge is 2.39. The van der Waals surface area contributed by atoms with Gasteiger partial charge < -0.3 is 15.0 Å². The number of rotatable bonds is 8. The van der Waals surface area contributed by atoms with Crippen molar-refractivity contribution in [2.75, 3.05) is 20.8 Å². The van der Waals surface area contributed by atoms with E-state index < -0.39 is 5.41 Å². The van der Waals surface area contributed by atoms with E-state index in [1.165, 1.54) is 0 Å². The van der Waals surface area contributed by atoms with Gasteiger partial charge in [-0.2, -0.15) is 5.10 Å². The third kappa shape index (κ3) is 4.38. The summed E-state index contributed by atoms with van der Waals surface area (Å²) in [5, 5.41) is 9.86. The van der Waals surface area contributed by atoms with Crippen molar-refractivity contribution < 1.29 is 14.3 Å². The molecule has 1 aliphatic rings. The number of aryl methyl sites for hydroxylation is 1. The predicted octanol–water partition coefficient (Wildman–Crippen LogP) is 2.41. The molecule has 0 atom stereocenters. The summed E-state index contributed by atoms with van der Waals surface area (Å²) in [6.45, 7) is 6.37. The van der Waals surface area contributed by atoms with E-state index >= 15 is 0 Å². The van der Waals surface area contributed by atoms with E-state index in [0.717, 1.165) is 18.5 Å². The lowest BCUT2D eigenvalue weighted by atomic mass is 9.82. The van der Waals surface area contributed by atoms with Crippen LogP contribution < -0.4 is 5.32 Å². The number of carbonyl (C=O) groups excluding carboxylic acids is 2. The first-order valence-corrected chi connectivity index (χ1v) is 9.38. The normalized spacial score (nSPS) is 19.8. The molecule has 1 aliphatic carbocycles. The number of halogens is 1. The minimum atomic E-state index is -0.459. The smallest absolute Gasteiger partial charge is 0.256 e. The molecule has 0 radical (unpaired) electrons. The molecule has 0 spiro atoms. The third-order valence-electron chi connectivity index (χ3n) is 5.20. The second kappa shape index (κ2) is 8.39. The quantitative estimate of drug-likeness (QED) is 0.720. The summed E-state index contributed by atoms with van der Waals surface area (Å²) in [6.07, 6.45) is 2.82. The Balaban J connectivity index is 1.87. The van der Waals surface area contributed by atoms with Gasteiger partial charge in [0.05, 0.1) is 5.56 Å². The number of carbonyl (C=O) groups is 2. The maximum Gasteiger partial charge on any atom is 0.256 e. The van der Waals surface area contributed by atoms with Gasteiger partial charge in [-0.1, -0.05) is 32.4 Å². The zero-order chi connectivity index (χ0) is 19.5. The SMILES string of the molecule is CCc1[nH]nc(Cl)c1C(=O)NC1CC(N(C)C(=O)C(C)(C)CCOC)C1. The first-order valence-electron chi connectivity index (χ1n) is 9.01. The Kier molecular flexibility index (Phi) is 6.69. The van der Waals surface area contributed by atoms with Gasteiger partial charge in [-0.05, 0) is 25.7 Å². The Hall–Kier alpha value is -1.60. The maximum absolute atomic E-state index is 12.7. The number of amides is 2. The van der Waals surface area contributed by atoms with Crippen LogP contribution in [0.3, 0.4) is 0 Å². The van der Waals surface area contributed by atoms with E-state index in [2.05, 4.69) is 15.5 Å². The Morgan fingerprint density at radius 2 is 2.08 bits per heavy atom. The molecule has 2 rings (SSSR count). The van der Waals surface area contributed by atoms with Gasteiger partial charge in [0.25, 0.3) is 5.91 Å². The van der Waals surface area contributed by atoms with Crippen LogP contribution in [0.2, 0.25) is 5.15 Å². The second-order valence-corrected chi connectivity index (χ2v) is 7.92. The van der Waals surface area contributed by atoms with Crippen molar-refractivity contribution in [1.29, 1.82) is 0 Å². The van der Waals surface area contributed by atoms with Gasteiger partial charge in [-0.25, -0.2) is 0 Å². The van der Waals surface area contributed by atoms with E-state index in [9.17, 15) is 9.59 Å². The summed E-state index contributed by atoms with van der Waals surface area (Å²) >= 11 is 6.01. The zero-order valence-electron chi connectivity index (χ0n) is 16.2. The molecule has 146 valence electrons. The number of hydrogen-bond donors (Lipinski definition) is 2. The fraction of sp³-hybridized carbons (Fsp3) is 0.722. The van der Waals surface area contributed by atoms with E-state index in [-0.39, 0.29) is 29.1 Å². The van der Waals surface area contributed by atoms with E-state index in [0.29, 0.717) is 25.0 Å². The van der Waals surface area contributed by atoms with Crippen molar-refractivity contribution in [2.24, 2.45) is 5.41 Å². The lowest BCUT2D eigenvalue weighted by Gasteiger charge is -2.43. The van der Waals surface area contributed by atoms with Crippen molar-refractivity contribution in [3.63, 3.8) is 0 Å². The number of methoxy groups -OCH3 is 1. The van der Waals surface area contributed by atoms with E-state index in [4.69, 9.17) is 16.3 Å². The lowest BCUT2D eigenvalue weighted by molar-refractivity contribution is -0.144. The van der Waals surface area contributed by atoms with Crippen LogP contribution in [-0.2, 0) is 16.0 Å². The predicted molar refractivity (Wildman–Crippen MR) is 100 cm³/mol. The van der Waals surface area contributed by atoms with Crippen LogP contribution in [0.15, 0.2) is 0 Å². The summed E-state index contributed by atoms with van der Waals surface area (Å²) in [6, 6.07) is 0.181. The molecular weight excluding hydrogens is 356 g/mol. The highest BCUT2D eigenvalue weighted by Crippen LogP contribution is 2.31. The molecule has 1 aromatic heterocycles. The molecule has 7 nitrogen and oxygen atoms in total. The van der Waals surface area contributed by atoms with Crippen LogP contribution in [0, 0.1) is 5.41 Å². The first-order chi connectivity index (χ1) is 12.2. The van der Waals surface area contributed by atoms with E-state index in [1.807, 2.05) is 27.8 Å². The number of ether oxygens (including phenoxy) is 1. The molecule has 8 heteroatoms. The van der Waals surface area contributed by atoms with Gasteiger partial charge in [0.15, 0.2) is 5.15 Å². The van der Waals surface area contributed by atoms with Crippen LogP contribution in [0.1, 0.15) is 56.1 Å².